The van der Waals surface area contributed by atoms with Crippen molar-refractivity contribution in [1.29, 1.82) is 0 Å². The first-order valence-corrected chi connectivity index (χ1v) is 5.06. The standard InChI is InChI=1S/C7H11NO2S/c1-3-6-5-11(9,10)8-7(6)4-2/h3-4,8H,5H2,1-2H3. The smallest absolute Gasteiger partial charge is 0.236 e. The zero-order chi connectivity index (χ0) is 8.48. The average molecular weight is 173 g/mol. The van der Waals surface area contributed by atoms with Crippen LogP contribution in [0.25, 0.3) is 0 Å². The van der Waals surface area contributed by atoms with Crippen molar-refractivity contribution < 1.29 is 8.42 Å². The molecule has 0 spiro atoms. The molecule has 4 heteroatoms. The molecule has 1 saturated heterocycles. The van der Waals surface area contributed by atoms with E-state index >= 15 is 0 Å². The Morgan fingerprint density at radius 1 is 1.36 bits per heavy atom. The molecule has 1 heterocycles. The van der Waals surface area contributed by atoms with E-state index in [1.54, 1.807) is 6.08 Å². The predicted octanol–water partition coefficient (Wildman–Crippen LogP) is 0.770. The average Bonchev–Trinajstić information content (AvgIpc) is 2.25. The first-order chi connectivity index (χ1) is 5.09. The third-order valence-corrected chi connectivity index (χ3v) is 2.82. The normalized spacial score (nSPS) is 29.3. The van der Waals surface area contributed by atoms with Crippen LogP contribution in [0.5, 0.6) is 0 Å². The SMILES string of the molecule is CC=C1CS(=O)(=O)NC1=CC. The van der Waals surface area contributed by atoms with Gasteiger partial charge >= 0.3 is 0 Å². The lowest BCUT2D eigenvalue weighted by molar-refractivity contribution is 0.596. The molecule has 0 aliphatic carbocycles. The number of nitrogens with one attached hydrogen (secondary N) is 1. The Bertz CT molecular complexity index is 285. The number of sulfonamides is 1. The van der Waals surface area contributed by atoms with E-state index in [0.29, 0.717) is 5.70 Å². The molecule has 0 bridgehead atoms. The summed E-state index contributed by atoms with van der Waals surface area (Å²) in [5.74, 6) is 0.114. The maximum absolute atomic E-state index is 11.0. The molecule has 0 aromatic rings. The second-order valence-corrected chi connectivity index (χ2v) is 4.10. The van der Waals surface area contributed by atoms with Crippen LogP contribution in [0.3, 0.4) is 0 Å². The number of hydrogen-bond donors (Lipinski definition) is 1. The van der Waals surface area contributed by atoms with Crippen LogP contribution in [0.1, 0.15) is 13.8 Å². The third kappa shape index (κ3) is 1.63. The zero-order valence-corrected chi connectivity index (χ0v) is 7.40. The predicted molar refractivity (Wildman–Crippen MR) is 44.4 cm³/mol. The van der Waals surface area contributed by atoms with Gasteiger partial charge < -0.3 is 0 Å². The van der Waals surface area contributed by atoms with Crippen LogP contribution in [0.15, 0.2) is 23.4 Å². The molecule has 62 valence electrons. The Hall–Kier alpha value is -0.770. The summed E-state index contributed by atoms with van der Waals surface area (Å²) in [6.07, 6.45) is 3.58. The fourth-order valence-corrected chi connectivity index (χ4v) is 2.42. The Morgan fingerprint density at radius 2 is 2.00 bits per heavy atom. The molecule has 0 amide bonds. The summed E-state index contributed by atoms with van der Waals surface area (Å²) in [5, 5.41) is 0. The molecule has 11 heavy (non-hydrogen) atoms. The van der Waals surface area contributed by atoms with E-state index in [1.165, 1.54) is 0 Å². The lowest BCUT2D eigenvalue weighted by Crippen LogP contribution is -2.14. The van der Waals surface area contributed by atoms with E-state index in [2.05, 4.69) is 4.72 Å². The van der Waals surface area contributed by atoms with Gasteiger partial charge in [0.15, 0.2) is 0 Å². The van der Waals surface area contributed by atoms with Gasteiger partial charge in [0.2, 0.25) is 10.0 Å². The van der Waals surface area contributed by atoms with Crippen molar-refractivity contribution in [2.24, 2.45) is 0 Å². The van der Waals surface area contributed by atoms with E-state index in [4.69, 9.17) is 0 Å². The van der Waals surface area contributed by atoms with Gasteiger partial charge in [-0.05, 0) is 19.4 Å². The van der Waals surface area contributed by atoms with Crippen LogP contribution >= 0.6 is 0 Å². The molecule has 0 aromatic heterocycles. The minimum atomic E-state index is -3.06. The fourth-order valence-electron chi connectivity index (χ4n) is 1.03. The molecule has 0 aromatic carbocycles. The molecule has 0 radical (unpaired) electrons. The summed E-state index contributed by atoms with van der Waals surface area (Å²) >= 11 is 0. The molecular formula is C7H11NO2S. The maximum atomic E-state index is 11.0. The topological polar surface area (TPSA) is 46.2 Å². The van der Waals surface area contributed by atoms with Crippen molar-refractivity contribution in [2.75, 3.05) is 5.75 Å². The van der Waals surface area contributed by atoms with E-state index in [-0.39, 0.29) is 5.75 Å². The van der Waals surface area contributed by atoms with Gasteiger partial charge in [-0.1, -0.05) is 12.2 Å². The summed E-state index contributed by atoms with van der Waals surface area (Å²) in [6.45, 7) is 3.65. The van der Waals surface area contributed by atoms with E-state index in [0.717, 1.165) is 5.57 Å². The zero-order valence-electron chi connectivity index (χ0n) is 6.59. The largest absolute Gasteiger partial charge is 0.283 e. The van der Waals surface area contributed by atoms with Crippen LogP contribution in [-0.2, 0) is 10.0 Å². The third-order valence-electron chi connectivity index (χ3n) is 1.59. The lowest BCUT2D eigenvalue weighted by Gasteiger charge is -1.94. The first kappa shape index (κ1) is 8.33. The molecule has 0 atom stereocenters. The van der Waals surface area contributed by atoms with Crippen molar-refractivity contribution in [3.8, 4) is 0 Å². The first-order valence-electron chi connectivity index (χ1n) is 3.41. The minimum Gasteiger partial charge on any atom is -0.283 e. The van der Waals surface area contributed by atoms with Crippen molar-refractivity contribution in [2.45, 2.75) is 13.8 Å². The molecule has 1 aliphatic heterocycles. The fraction of sp³-hybridized carbons (Fsp3) is 0.429. The summed E-state index contributed by atoms with van der Waals surface area (Å²) in [4.78, 5) is 0. The van der Waals surface area contributed by atoms with Gasteiger partial charge in [0, 0.05) is 5.70 Å². The van der Waals surface area contributed by atoms with Crippen LogP contribution in [-0.4, -0.2) is 14.2 Å². The molecular weight excluding hydrogens is 162 g/mol. The molecule has 1 rings (SSSR count). The highest BCUT2D eigenvalue weighted by Gasteiger charge is 2.24. The van der Waals surface area contributed by atoms with Crippen molar-refractivity contribution in [3.05, 3.63) is 23.4 Å². The highest BCUT2D eigenvalue weighted by molar-refractivity contribution is 7.90. The summed E-state index contributed by atoms with van der Waals surface area (Å²) < 4.78 is 24.4. The summed E-state index contributed by atoms with van der Waals surface area (Å²) in [6, 6.07) is 0. The van der Waals surface area contributed by atoms with Gasteiger partial charge in [0.25, 0.3) is 0 Å². The Kier molecular flexibility index (Phi) is 2.04. The molecule has 3 nitrogen and oxygen atoms in total. The van der Waals surface area contributed by atoms with Gasteiger partial charge in [-0.2, -0.15) is 0 Å². The molecule has 1 aliphatic rings. The van der Waals surface area contributed by atoms with Crippen LogP contribution in [0, 0.1) is 0 Å². The quantitative estimate of drug-likeness (QED) is 0.588. The number of rotatable bonds is 0. The van der Waals surface area contributed by atoms with Crippen molar-refractivity contribution in [1.82, 2.24) is 4.72 Å². The summed E-state index contributed by atoms with van der Waals surface area (Å²) in [7, 11) is -3.06. The number of hydrogen-bond acceptors (Lipinski definition) is 2. The van der Waals surface area contributed by atoms with E-state index < -0.39 is 10.0 Å². The molecule has 1 fully saturated rings. The molecule has 0 unspecified atom stereocenters. The van der Waals surface area contributed by atoms with E-state index in [9.17, 15) is 8.42 Å². The van der Waals surface area contributed by atoms with Crippen molar-refractivity contribution in [3.63, 3.8) is 0 Å². The number of allylic oxidation sites excluding steroid dienone is 3. The van der Waals surface area contributed by atoms with Crippen molar-refractivity contribution >= 4 is 10.0 Å². The van der Waals surface area contributed by atoms with Gasteiger partial charge in [0.05, 0.1) is 5.75 Å². The Labute approximate surface area is 66.9 Å². The second kappa shape index (κ2) is 2.70. The second-order valence-electron chi connectivity index (χ2n) is 2.38. The summed E-state index contributed by atoms with van der Waals surface area (Å²) in [5.41, 5.74) is 1.57. The van der Waals surface area contributed by atoms with Gasteiger partial charge in [-0.3, -0.25) is 4.72 Å². The van der Waals surface area contributed by atoms with Crippen LogP contribution < -0.4 is 4.72 Å². The Balaban J connectivity index is 3.07. The lowest BCUT2D eigenvalue weighted by atomic mass is 10.2. The van der Waals surface area contributed by atoms with Gasteiger partial charge in [-0.25, -0.2) is 8.42 Å². The molecule has 1 N–H and O–H groups in total. The van der Waals surface area contributed by atoms with Crippen LogP contribution in [0.4, 0.5) is 0 Å². The van der Waals surface area contributed by atoms with E-state index in [1.807, 2.05) is 19.9 Å². The highest BCUT2D eigenvalue weighted by Crippen LogP contribution is 2.17. The van der Waals surface area contributed by atoms with Gasteiger partial charge in [-0.15, -0.1) is 0 Å². The highest BCUT2D eigenvalue weighted by atomic mass is 32.2. The van der Waals surface area contributed by atoms with Crippen LogP contribution in [0.2, 0.25) is 0 Å². The minimum absolute atomic E-state index is 0.114. The monoisotopic (exact) mass is 173 g/mol. The maximum Gasteiger partial charge on any atom is 0.236 e. The molecule has 0 saturated carbocycles. The Morgan fingerprint density at radius 3 is 2.36 bits per heavy atom. The van der Waals surface area contributed by atoms with Gasteiger partial charge in [0.1, 0.15) is 0 Å².